The van der Waals surface area contributed by atoms with Crippen LogP contribution in [0.3, 0.4) is 0 Å². The number of aliphatic hydroxyl groups excluding tert-OH is 1. The molecule has 2 atom stereocenters. The van der Waals surface area contributed by atoms with Gasteiger partial charge in [-0.15, -0.1) is 11.6 Å². The molecule has 192 valence electrons. The predicted molar refractivity (Wildman–Crippen MR) is 137 cm³/mol. The van der Waals surface area contributed by atoms with Crippen LogP contribution in [0, 0.1) is 5.82 Å². The first-order valence-electron chi connectivity index (χ1n) is 11.9. The normalized spacial score (nSPS) is 20.2. The molecule has 1 aromatic heterocycles. The van der Waals surface area contributed by atoms with Gasteiger partial charge >= 0.3 is 5.97 Å². The summed E-state index contributed by atoms with van der Waals surface area (Å²) in [5.74, 6) is -2.12. The Hall–Kier alpha value is -3.69. The monoisotopic (exact) mass is 525 g/mol. The number of likely N-dealkylation sites (tertiary alicyclic amines) is 1. The molecule has 5 rings (SSSR count). The minimum atomic E-state index is -1.19. The van der Waals surface area contributed by atoms with Crippen LogP contribution in [0.1, 0.15) is 50.9 Å². The number of allylic oxidation sites excluding steroid dienone is 4. The number of nitrogens with one attached hydrogen (secondary N) is 1. The van der Waals surface area contributed by atoms with Crippen LogP contribution < -0.4 is 4.74 Å². The molecule has 8 nitrogen and oxygen atoms in total. The van der Waals surface area contributed by atoms with Gasteiger partial charge in [0.15, 0.2) is 11.6 Å². The lowest BCUT2D eigenvalue weighted by Crippen LogP contribution is -2.40. The predicted octanol–water partition coefficient (Wildman–Crippen LogP) is 4.35. The zero-order valence-electron chi connectivity index (χ0n) is 19.9. The first-order valence-corrected chi connectivity index (χ1v) is 12.3. The molecule has 3 N–H and O–H groups in total. The highest BCUT2D eigenvalue weighted by molar-refractivity contribution is 6.23. The van der Waals surface area contributed by atoms with Crippen LogP contribution in [0.5, 0.6) is 5.75 Å². The van der Waals surface area contributed by atoms with E-state index in [-0.39, 0.29) is 22.8 Å². The van der Waals surface area contributed by atoms with E-state index < -0.39 is 29.2 Å². The largest absolute Gasteiger partial charge is 0.494 e. The number of methoxy groups -OCH3 is 1. The summed E-state index contributed by atoms with van der Waals surface area (Å²) < 4.78 is 19.3. The minimum Gasteiger partial charge on any atom is -0.494 e. The summed E-state index contributed by atoms with van der Waals surface area (Å²) in [6.45, 7) is 0.817. The van der Waals surface area contributed by atoms with Crippen molar-refractivity contribution in [3.05, 3.63) is 76.9 Å². The number of hydrogen-bond acceptors (Lipinski definition) is 5. The fourth-order valence-corrected chi connectivity index (χ4v) is 5.27. The Morgan fingerprint density at radius 3 is 2.68 bits per heavy atom. The standard InChI is InChI=1S/C27H25ClFN3O5/c1-37-23-13-22-21(12-20(23)29)30-25(31-22)17-3-2-4-19(28)24(17)16-6-5-14(11-18(16)27(35)36)26(34)32-9-7-15(33)8-10-32/h2-6,11-13,15,19,24,33H,7-10H2,1H3,(H,30,31)(H,35,36)/t19-,24?/m0/s1. The van der Waals surface area contributed by atoms with Gasteiger partial charge in [0.05, 0.1) is 35.2 Å². The zero-order chi connectivity index (χ0) is 26.3. The minimum absolute atomic E-state index is 0.0384. The van der Waals surface area contributed by atoms with Crippen LogP contribution in [0.15, 0.2) is 48.6 Å². The molecule has 0 bridgehead atoms. The van der Waals surface area contributed by atoms with Crippen molar-refractivity contribution in [3.63, 3.8) is 0 Å². The van der Waals surface area contributed by atoms with Crippen LogP contribution in [-0.4, -0.2) is 68.6 Å². The highest BCUT2D eigenvalue weighted by Gasteiger charge is 2.33. The van der Waals surface area contributed by atoms with Crippen molar-refractivity contribution in [1.29, 1.82) is 0 Å². The number of ether oxygens (including phenoxy) is 1. The van der Waals surface area contributed by atoms with Crippen LogP contribution in [0.2, 0.25) is 0 Å². The van der Waals surface area contributed by atoms with Gasteiger partial charge in [0.25, 0.3) is 5.91 Å². The van der Waals surface area contributed by atoms with E-state index in [9.17, 15) is 24.2 Å². The summed E-state index contributed by atoms with van der Waals surface area (Å²) in [5.41, 5.74) is 2.22. The average Bonchev–Trinajstić information content (AvgIpc) is 3.30. The highest BCUT2D eigenvalue weighted by Crippen LogP contribution is 2.42. The van der Waals surface area contributed by atoms with E-state index in [1.165, 1.54) is 25.3 Å². The fraction of sp³-hybridized carbons (Fsp3) is 0.296. The van der Waals surface area contributed by atoms with Crippen molar-refractivity contribution >= 4 is 40.1 Å². The number of aromatic carboxylic acids is 1. The molecule has 1 aliphatic heterocycles. The molecule has 10 heteroatoms. The molecule has 3 aromatic rings. The quantitative estimate of drug-likeness (QED) is 0.426. The van der Waals surface area contributed by atoms with Crippen molar-refractivity contribution in [3.8, 4) is 5.75 Å². The van der Waals surface area contributed by atoms with Gasteiger partial charge in [0.2, 0.25) is 0 Å². The summed E-state index contributed by atoms with van der Waals surface area (Å²) in [5, 5.41) is 19.2. The number of carboxylic acid groups (broad SMARTS) is 1. The van der Waals surface area contributed by atoms with Crippen LogP contribution in [0.25, 0.3) is 16.6 Å². The van der Waals surface area contributed by atoms with Crippen molar-refractivity contribution in [2.45, 2.75) is 30.2 Å². The highest BCUT2D eigenvalue weighted by atomic mass is 35.5. The van der Waals surface area contributed by atoms with E-state index in [0.29, 0.717) is 53.9 Å². The van der Waals surface area contributed by atoms with Gasteiger partial charge in [0.1, 0.15) is 5.82 Å². The van der Waals surface area contributed by atoms with E-state index in [4.69, 9.17) is 16.3 Å². The van der Waals surface area contributed by atoms with Crippen LogP contribution >= 0.6 is 11.6 Å². The number of carboxylic acids is 1. The maximum atomic E-state index is 14.2. The first kappa shape index (κ1) is 25.0. The topological polar surface area (TPSA) is 116 Å². The lowest BCUT2D eigenvalue weighted by molar-refractivity contribution is 0.0546. The van der Waals surface area contributed by atoms with E-state index in [2.05, 4.69) is 9.97 Å². The van der Waals surface area contributed by atoms with Gasteiger partial charge in [-0.3, -0.25) is 4.79 Å². The van der Waals surface area contributed by atoms with Crippen LogP contribution in [0.4, 0.5) is 4.39 Å². The van der Waals surface area contributed by atoms with E-state index in [1.54, 1.807) is 35.3 Å². The second kappa shape index (κ2) is 9.99. The van der Waals surface area contributed by atoms with Crippen molar-refractivity contribution in [2.75, 3.05) is 20.2 Å². The summed E-state index contributed by atoms with van der Waals surface area (Å²) in [4.78, 5) is 34.7. The number of aromatic amines is 1. The van der Waals surface area contributed by atoms with E-state index >= 15 is 0 Å². The molecule has 2 aliphatic rings. The van der Waals surface area contributed by atoms with Gasteiger partial charge in [-0.25, -0.2) is 14.2 Å². The Morgan fingerprint density at radius 1 is 1.22 bits per heavy atom. The van der Waals surface area contributed by atoms with Crippen molar-refractivity contribution in [2.24, 2.45) is 0 Å². The number of aliphatic hydroxyl groups is 1. The van der Waals surface area contributed by atoms with Gasteiger partial charge < -0.3 is 24.8 Å². The number of hydrogen-bond donors (Lipinski definition) is 3. The van der Waals surface area contributed by atoms with Crippen LogP contribution in [-0.2, 0) is 0 Å². The van der Waals surface area contributed by atoms with E-state index in [1.807, 2.05) is 0 Å². The number of H-pyrrole nitrogens is 1. The molecule has 1 aliphatic carbocycles. The number of fused-ring (bicyclic) bond motifs is 1. The molecule has 0 spiro atoms. The SMILES string of the molecule is COc1cc2nc(C3=CC=C[C@H](Cl)C3c3ccc(C(=O)N4CCC(O)CC4)cc3C(=O)O)[nH]c2cc1F. The Bertz CT molecular complexity index is 1440. The Labute approximate surface area is 217 Å². The van der Waals surface area contributed by atoms with Gasteiger partial charge in [-0.2, -0.15) is 0 Å². The maximum Gasteiger partial charge on any atom is 0.336 e. The number of rotatable bonds is 5. The molecule has 1 saturated heterocycles. The van der Waals surface area contributed by atoms with Crippen molar-refractivity contribution < 1.29 is 28.9 Å². The number of alkyl halides is 1. The van der Waals surface area contributed by atoms with Gasteiger partial charge in [-0.1, -0.05) is 24.3 Å². The van der Waals surface area contributed by atoms with Gasteiger partial charge in [0, 0.05) is 42.3 Å². The maximum absolute atomic E-state index is 14.2. The Balaban J connectivity index is 1.53. The molecule has 1 unspecified atom stereocenters. The lowest BCUT2D eigenvalue weighted by Gasteiger charge is -2.30. The number of benzene rings is 2. The molecule has 2 heterocycles. The number of aromatic nitrogens is 2. The molecular formula is C27H25ClFN3O5. The number of imidazole rings is 1. The Morgan fingerprint density at radius 2 is 1.97 bits per heavy atom. The number of halogens is 2. The zero-order valence-corrected chi connectivity index (χ0v) is 20.7. The third-order valence-corrected chi connectivity index (χ3v) is 7.27. The number of carbonyl (C=O) groups is 2. The lowest BCUT2D eigenvalue weighted by atomic mass is 9.81. The number of carbonyl (C=O) groups excluding carboxylic acids is 1. The number of nitrogens with zero attached hydrogens (tertiary/aromatic N) is 2. The third kappa shape index (κ3) is 4.72. The second-order valence-corrected chi connectivity index (χ2v) is 9.65. The first-order chi connectivity index (χ1) is 17.8. The Kier molecular flexibility index (Phi) is 6.74. The molecule has 1 fully saturated rings. The second-order valence-electron chi connectivity index (χ2n) is 9.15. The summed E-state index contributed by atoms with van der Waals surface area (Å²) >= 11 is 6.71. The molecule has 2 aromatic carbocycles. The molecule has 1 amide bonds. The third-order valence-electron chi connectivity index (χ3n) is 6.87. The average molecular weight is 526 g/mol. The fourth-order valence-electron chi connectivity index (χ4n) is 4.92. The van der Waals surface area contributed by atoms with Gasteiger partial charge in [-0.05, 0) is 30.5 Å². The number of amides is 1. The smallest absolute Gasteiger partial charge is 0.336 e. The molecular weight excluding hydrogens is 501 g/mol. The summed E-state index contributed by atoms with van der Waals surface area (Å²) in [6.07, 6.45) is 5.85. The van der Waals surface area contributed by atoms with E-state index in [0.717, 1.165) is 0 Å². The molecule has 0 saturated carbocycles. The molecule has 0 radical (unpaired) electrons. The number of piperidine rings is 1. The van der Waals surface area contributed by atoms with Crippen molar-refractivity contribution in [1.82, 2.24) is 14.9 Å². The molecule has 37 heavy (non-hydrogen) atoms. The summed E-state index contributed by atoms with van der Waals surface area (Å²) in [7, 11) is 1.37. The summed E-state index contributed by atoms with van der Waals surface area (Å²) in [6, 6.07) is 7.38.